The molecule has 0 radical (unpaired) electrons. The highest BCUT2D eigenvalue weighted by molar-refractivity contribution is 7.90. The molecule has 2 amide bonds. The second-order valence-corrected chi connectivity index (χ2v) is 16.6. The van der Waals surface area contributed by atoms with Gasteiger partial charge in [0.2, 0.25) is 5.88 Å². The van der Waals surface area contributed by atoms with Crippen LogP contribution in [-0.4, -0.2) is 107 Å². The summed E-state index contributed by atoms with van der Waals surface area (Å²) in [6, 6.07) is 11.1. The third-order valence-electron chi connectivity index (χ3n) is 10.2. The number of carbonyl (C=O) groups excluding carboxylic acids is 1. The quantitative estimate of drug-likeness (QED) is 0.240. The number of hydrogen-bond acceptors (Lipinski definition) is 9. The first kappa shape index (κ1) is 36.9. The predicted octanol–water partition coefficient (Wildman–Crippen LogP) is 6.20. The summed E-state index contributed by atoms with van der Waals surface area (Å²) >= 11 is 12.8. The Labute approximate surface area is 310 Å². The Hall–Kier alpha value is -3.84. The molecule has 51 heavy (non-hydrogen) atoms. The molecule has 3 atom stereocenters. The molecular weight excluding hydrogens is 709 g/mol. The zero-order valence-corrected chi connectivity index (χ0v) is 31.6. The molecule has 3 aromatic rings. The van der Waals surface area contributed by atoms with E-state index < -0.39 is 20.9 Å². The molecule has 1 aliphatic carbocycles. The largest absolute Gasteiger partial charge is 0.477 e. The van der Waals surface area contributed by atoms with Gasteiger partial charge in [-0.2, -0.15) is 4.98 Å². The minimum absolute atomic E-state index is 0.133. The van der Waals surface area contributed by atoms with Crippen LogP contribution in [0.2, 0.25) is 5.02 Å². The number of nitrogens with zero attached hydrogens (tertiary/aromatic N) is 7. The van der Waals surface area contributed by atoms with Crippen molar-refractivity contribution in [1.29, 1.82) is 0 Å². The maximum Gasteiger partial charge on any atom is 0.326 e. The van der Waals surface area contributed by atoms with Gasteiger partial charge in [0.1, 0.15) is 15.7 Å². The molecule has 6 rings (SSSR count). The van der Waals surface area contributed by atoms with Crippen LogP contribution in [0.4, 0.5) is 4.79 Å². The number of hydrogen-bond donors (Lipinski definition) is 0. The summed E-state index contributed by atoms with van der Waals surface area (Å²) in [7, 11) is -3.04. The van der Waals surface area contributed by atoms with E-state index in [1.807, 2.05) is 60.4 Å². The number of aliphatic imine (C=N–C) groups is 1. The SMILES string of the molecule is CCOc1nc(-c2cccnc2)ncc1C1=N[C@@](C)(C2C=CC(Cl)=CC2)[C@@](C)(c2ccc(Cl)cc2)N1C(=O)N1CCN(CCCS(C)(=O)=O)CC1. The standard InChI is InChI=1S/C37H43Cl2N7O4S/c1-5-50-34-31(25-41-32(42-34)26-8-6-17-40-24-26)33-43-36(2,27-9-13-29(38)14-10-27)37(3,28-11-15-30(39)16-12-28)46(33)35(47)45-21-19-44(20-22-45)18-7-23-51(4,48)49/h6,8-9,11-17,24-25,27H,5,7,10,18-23H2,1-4H3/t27?,36-,37+/m0/s1. The second-order valence-electron chi connectivity index (χ2n) is 13.5. The van der Waals surface area contributed by atoms with E-state index in [1.54, 1.807) is 23.5 Å². The number of rotatable bonds is 10. The average Bonchev–Trinajstić information content (AvgIpc) is 3.36. The number of ether oxygens (including phenoxy) is 1. The number of pyridine rings is 1. The molecule has 0 N–H and O–H groups in total. The van der Waals surface area contributed by atoms with E-state index in [4.69, 9.17) is 42.9 Å². The molecule has 0 spiro atoms. The van der Waals surface area contributed by atoms with Crippen molar-refractivity contribution < 1.29 is 17.9 Å². The Bertz CT molecular complexity index is 1950. The van der Waals surface area contributed by atoms with Gasteiger partial charge in [-0.15, -0.1) is 0 Å². The monoisotopic (exact) mass is 751 g/mol. The molecule has 0 bridgehead atoms. The van der Waals surface area contributed by atoms with Gasteiger partial charge < -0.3 is 9.64 Å². The molecule has 1 aromatic carbocycles. The number of halogens is 2. The van der Waals surface area contributed by atoms with Crippen LogP contribution in [0.5, 0.6) is 5.88 Å². The van der Waals surface area contributed by atoms with Gasteiger partial charge in [0.25, 0.3) is 0 Å². The first-order chi connectivity index (χ1) is 24.3. The van der Waals surface area contributed by atoms with Crippen molar-refractivity contribution in [3.05, 3.63) is 94.4 Å². The zero-order valence-electron chi connectivity index (χ0n) is 29.3. The van der Waals surface area contributed by atoms with Gasteiger partial charge >= 0.3 is 6.03 Å². The van der Waals surface area contributed by atoms with Crippen LogP contribution in [0.15, 0.2) is 83.2 Å². The normalized spacial score (nSPS) is 24.0. The van der Waals surface area contributed by atoms with Gasteiger partial charge in [-0.3, -0.25) is 19.8 Å². The Balaban J connectivity index is 1.46. The van der Waals surface area contributed by atoms with E-state index in [2.05, 4.69) is 29.8 Å². The van der Waals surface area contributed by atoms with Crippen LogP contribution in [0.3, 0.4) is 0 Å². The lowest BCUT2D eigenvalue weighted by Gasteiger charge is -2.49. The number of amides is 2. The van der Waals surface area contributed by atoms with Gasteiger partial charge in [0.15, 0.2) is 5.82 Å². The van der Waals surface area contributed by atoms with E-state index >= 15 is 4.79 Å². The van der Waals surface area contributed by atoms with Crippen LogP contribution in [-0.2, 0) is 15.4 Å². The van der Waals surface area contributed by atoms with Crippen LogP contribution < -0.4 is 4.74 Å². The topological polar surface area (TPSA) is 121 Å². The fourth-order valence-corrected chi connectivity index (χ4v) is 8.13. The molecule has 1 fully saturated rings. The summed E-state index contributed by atoms with van der Waals surface area (Å²) in [6.07, 6.45) is 13.4. The van der Waals surface area contributed by atoms with Crippen molar-refractivity contribution in [2.45, 2.75) is 44.7 Å². The molecule has 11 nitrogen and oxygen atoms in total. The molecule has 1 unspecified atom stereocenters. The third-order valence-corrected chi connectivity index (χ3v) is 11.7. The van der Waals surface area contributed by atoms with Crippen molar-refractivity contribution in [2.24, 2.45) is 10.9 Å². The van der Waals surface area contributed by atoms with Crippen molar-refractivity contribution >= 4 is 44.9 Å². The molecule has 1 saturated heterocycles. The summed E-state index contributed by atoms with van der Waals surface area (Å²) in [5.41, 5.74) is 0.173. The second kappa shape index (κ2) is 15.0. The number of allylic oxidation sites excluding steroid dienone is 3. The lowest BCUT2D eigenvalue weighted by Crippen LogP contribution is -2.62. The lowest BCUT2D eigenvalue weighted by atomic mass is 9.66. The molecule has 2 aromatic heterocycles. The fourth-order valence-electron chi connectivity index (χ4n) is 7.19. The highest BCUT2D eigenvalue weighted by Crippen LogP contribution is 2.53. The van der Waals surface area contributed by atoms with Crippen LogP contribution in [0.25, 0.3) is 11.4 Å². The summed E-state index contributed by atoms with van der Waals surface area (Å²) in [6.45, 7) is 9.17. The summed E-state index contributed by atoms with van der Waals surface area (Å²) in [5, 5.41) is 1.24. The molecule has 3 aliphatic rings. The van der Waals surface area contributed by atoms with E-state index in [1.165, 1.54) is 6.26 Å². The number of sulfone groups is 1. The van der Waals surface area contributed by atoms with Gasteiger partial charge in [0.05, 0.1) is 29.0 Å². The maximum atomic E-state index is 15.2. The average molecular weight is 753 g/mol. The number of urea groups is 1. The highest BCUT2D eigenvalue weighted by Gasteiger charge is 2.62. The summed E-state index contributed by atoms with van der Waals surface area (Å²) in [5.74, 6) is 1.16. The minimum atomic E-state index is -3.04. The van der Waals surface area contributed by atoms with Crippen molar-refractivity contribution in [2.75, 3.05) is 51.3 Å². The molecule has 14 heteroatoms. The third kappa shape index (κ3) is 7.55. The van der Waals surface area contributed by atoms with E-state index in [0.29, 0.717) is 85.3 Å². The van der Waals surface area contributed by atoms with Crippen LogP contribution in [0, 0.1) is 5.92 Å². The highest BCUT2D eigenvalue weighted by atomic mass is 35.5. The summed E-state index contributed by atoms with van der Waals surface area (Å²) < 4.78 is 29.6. The Morgan fingerprint density at radius 1 is 1.06 bits per heavy atom. The number of carbonyl (C=O) groups is 1. The predicted molar refractivity (Wildman–Crippen MR) is 201 cm³/mol. The first-order valence-corrected chi connectivity index (χ1v) is 20.0. The fraction of sp³-hybridized carbons (Fsp3) is 0.432. The molecule has 0 saturated carbocycles. The van der Waals surface area contributed by atoms with Crippen molar-refractivity contribution in [1.82, 2.24) is 29.7 Å². The van der Waals surface area contributed by atoms with Crippen molar-refractivity contribution in [3.63, 3.8) is 0 Å². The van der Waals surface area contributed by atoms with Gasteiger partial charge in [-0.25, -0.2) is 18.2 Å². The Kier molecular flexibility index (Phi) is 10.9. The maximum absolute atomic E-state index is 15.2. The zero-order chi connectivity index (χ0) is 36.4. The van der Waals surface area contributed by atoms with Crippen LogP contribution >= 0.6 is 23.2 Å². The number of aromatic nitrogens is 3. The lowest BCUT2D eigenvalue weighted by molar-refractivity contribution is 0.0754. The Morgan fingerprint density at radius 3 is 2.43 bits per heavy atom. The number of benzene rings is 1. The van der Waals surface area contributed by atoms with E-state index in [0.717, 1.165) is 11.1 Å². The van der Waals surface area contributed by atoms with Gasteiger partial charge in [-0.05, 0) is 76.1 Å². The number of piperazine rings is 1. The number of amidine groups is 1. The van der Waals surface area contributed by atoms with Crippen molar-refractivity contribution in [3.8, 4) is 17.3 Å². The van der Waals surface area contributed by atoms with Crippen LogP contribution in [0.1, 0.15) is 44.7 Å². The smallest absolute Gasteiger partial charge is 0.326 e. The minimum Gasteiger partial charge on any atom is -0.477 e. The van der Waals surface area contributed by atoms with E-state index in [9.17, 15) is 8.42 Å². The molecule has 4 heterocycles. The molecule has 270 valence electrons. The summed E-state index contributed by atoms with van der Waals surface area (Å²) in [4.78, 5) is 40.3. The molecular formula is C37H43Cl2N7O4S. The van der Waals surface area contributed by atoms with E-state index in [-0.39, 0.29) is 17.7 Å². The Morgan fingerprint density at radius 2 is 1.80 bits per heavy atom. The molecule has 2 aliphatic heterocycles. The van der Waals surface area contributed by atoms with Gasteiger partial charge in [-0.1, -0.05) is 47.5 Å². The van der Waals surface area contributed by atoms with Gasteiger partial charge in [0, 0.05) is 72.6 Å². The first-order valence-electron chi connectivity index (χ1n) is 17.1.